The molecule has 2 heteroatoms. The van der Waals surface area contributed by atoms with E-state index < -0.39 is 5.60 Å². The standard InChI is InChI=1S/C12H13NO/c1-13-7-4-9-8-10(2-3-11(9)13)12(14)5-6-12/h2-4,7-8,14H,5-6H2,1H3. The van der Waals surface area contributed by atoms with E-state index in [2.05, 4.69) is 22.8 Å². The lowest BCUT2D eigenvalue weighted by molar-refractivity contribution is 0.151. The van der Waals surface area contributed by atoms with Crippen molar-refractivity contribution >= 4 is 10.9 Å². The predicted octanol–water partition coefficient (Wildman–Crippen LogP) is 2.16. The molecule has 0 amide bonds. The lowest BCUT2D eigenvalue weighted by atomic mass is 10.1. The van der Waals surface area contributed by atoms with Gasteiger partial charge in [-0.1, -0.05) is 6.07 Å². The maximum absolute atomic E-state index is 9.96. The van der Waals surface area contributed by atoms with Crippen LogP contribution in [-0.2, 0) is 12.6 Å². The molecule has 2 aromatic rings. The maximum atomic E-state index is 9.96. The van der Waals surface area contributed by atoms with Crippen molar-refractivity contribution < 1.29 is 5.11 Å². The topological polar surface area (TPSA) is 25.2 Å². The number of aryl methyl sites for hydroxylation is 1. The molecule has 0 bridgehead atoms. The summed E-state index contributed by atoms with van der Waals surface area (Å²) in [6.07, 6.45) is 3.86. The van der Waals surface area contributed by atoms with Crippen molar-refractivity contribution in [3.63, 3.8) is 0 Å². The number of hydrogen-bond acceptors (Lipinski definition) is 1. The van der Waals surface area contributed by atoms with Crippen LogP contribution in [0.25, 0.3) is 10.9 Å². The van der Waals surface area contributed by atoms with Crippen LogP contribution in [-0.4, -0.2) is 9.67 Å². The van der Waals surface area contributed by atoms with Crippen molar-refractivity contribution in [2.75, 3.05) is 0 Å². The van der Waals surface area contributed by atoms with Crippen LogP contribution in [0.1, 0.15) is 18.4 Å². The Morgan fingerprint density at radius 1 is 1.29 bits per heavy atom. The number of rotatable bonds is 1. The molecule has 1 aromatic heterocycles. The van der Waals surface area contributed by atoms with Gasteiger partial charge in [-0.2, -0.15) is 0 Å². The van der Waals surface area contributed by atoms with Gasteiger partial charge < -0.3 is 9.67 Å². The normalized spacial score (nSPS) is 18.7. The second-order valence-electron chi connectivity index (χ2n) is 4.23. The molecule has 0 atom stereocenters. The Balaban J connectivity index is 2.21. The minimum Gasteiger partial charge on any atom is -0.385 e. The molecule has 0 saturated heterocycles. The van der Waals surface area contributed by atoms with Crippen LogP contribution in [0, 0.1) is 0 Å². The number of benzene rings is 1. The first-order chi connectivity index (χ1) is 6.69. The number of aromatic nitrogens is 1. The molecule has 0 radical (unpaired) electrons. The summed E-state index contributed by atoms with van der Waals surface area (Å²) in [7, 11) is 2.04. The summed E-state index contributed by atoms with van der Waals surface area (Å²) in [4.78, 5) is 0. The van der Waals surface area contributed by atoms with Gasteiger partial charge in [0.25, 0.3) is 0 Å². The van der Waals surface area contributed by atoms with Crippen molar-refractivity contribution in [1.29, 1.82) is 0 Å². The quantitative estimate of drug-likeness (QED) is 0.727. The fourth-order valence-electron chi connectivity index (χ4n) is 1.98. The number of aliphatic hydroxyl groups is 1. The van der Waals surface area contributed by atoms with Gasteiger partial charge in [-0.05, 0) is 42.0 Å². The van der Waals surface area contributed by atoms with Gasteiger partial charge in [-0.25, -0.2) is 0 Å². The highest BCUT2D eigenvalue weighted by Gasteiger charge is 2.42. The van der Waals surface area contributed by atoms with Crippen LogP contribution in [0.3, 0.4) is 0 Å². The molecule has 1 aliphatic rings. The molecule has 0 aliphatic heterocycles. The van der Waals surface area contributed by atoms with E-state index in [1.807, 2.05) is 19.3 Å². The summed E-state index contributed by atoms with van der Waals surface area (Å²) in [5, 5.41) is 11.2. The average molecular weight is 187 g/mol. The first-order valence-corrected chi connectivity index (χ1v) is 4.97. The lowest BCUT2D eigenvalue weighted by Crippen LogP contribution is -2.03. The molecule has 1 N–H and O–H groups in total. The molecule has 1 heterocycles. The Kier molecular flexibility index (Phi) is 1.38. The van der Waals surface area contributed by atoms with Crippen LogP contribution in [0.2, 0.25) is 0 Å². The van der Waals surface area contributed by atoms with Crippen LogP contribution in [0.15, 0.2) is 30.5 Å². The number of fused-ring (bicyclic) bond motifs is 1. The van der Waals surface area contributed by atoms with Crippen molar-refractivity contribution in [3.8, 4) is 0 Å². The third-order valence-electron chi connectivity index (χ3n) is 3.15. The molecule has 0 spiro atoms. The molecular formula is C12H13NO. The van der Waals surface area contributed by atoms with Crippen molar-refractivity contribution in [1.82, 2.24) is 4.57 Å². The zero-order valence-electron chi connectivity index (χ0n) is 8.20. The van der Waals surface area contributed by atoms with Crippen LogP contribution in [0.4, 0.5) is 0 Å². The summed E-state index contributed by atoms with van der Waals surface area (Å²) in [6, 6.07) is 8.31. The van der Waals surface area contributed by atoms with E-state index in [0.717, 1.165) is 18.4 Å². The SMILES string of the molecule is Cn1ccc2cc(C3(O)CC3)ccc21. The fourth-order valence-corrected chi connectivity index (χ4v) is 1.98. The minimum absolute atomic E-state index is 0.510. The molecule has 2 nitrogen and oxygen atoms in total. The van der Waals surface area contributed by atoms with Gasteiger partial charge in [0.05, 0.1) is 5.60 Å². The van der Waals surface area contributed by atoms with Crippen molar-refractivity contribution in [2.45, 2.75) is 18.4 Å². The molecule has 1 fully saturated rings. The highest BCUT2D eigenvalue weighted by Crippen LogP contribution is 2.45. The first kappa shape index (κ1) is 8.06. The smallest absolute Gasteiger partial charge is 0.0899 e. The van der Waals surface area contributed by atoms with Gasteiger partial charge in [0.1, 0.15) is 0 Å². The van der Waals surface area contributed by atoms with Crippen LogP contribution >= 0.6 is 0 Å². The monoisotopic (exact) mass is 187 g/mol. The second-order valence-corrected chi connectivity index (χ2v) is 4.23. The highest BCUT2D eigenvalue weighted by molar-refractivity contribution is 5.81. The molecule has 72 valence electrons. The third kappa shape index (κ3) is 1.01. The molecule has 3 rings (SSSR count). The molecule has 1 saturated carbocycles. The first-order valence-electron chi connectivity index (χ1n) is 4.97. The van der Waals surface area contributed by atoms with Crippen molar-refractivity contribution in [2.24, 2.45) is 7.05 Å². The summed E-state index contributed by atoms with van der Waals surface area (Å²) >= 11 is 0. The number of hydrogen-bond donors (Lipinski definition) is 1. The molecule has 1 aliphatic carbocycles. The Morgan fingerprint density at radius 3 is 2.79 bits per heavy atom. The summed E-state index contributed by atoms with van der Waals surface area (Å²) < 4.78 is 2.09. The lowest BCUT2D eigenvalue weighted by Gasteiger charge is -2.07. The summed E-state index contributed by atoms with van der Waals surface area (Å²) in [6.45, 7) is 0. The zero-order chi connectivity index (χ0) is 9.76. The Hall–Kier alpha value is -1.28. The molecular weight excluding hydrogens is 174 g/mol. The van der Waals surface area contributed by atoms with E-state index in [-0.39, 0.29) is 0 Å². The van der Waals surface area contributed by atoms with E-state index in [0.29, 0.717) is 0 Å². The molecule has 0 unspecified atom stereocenters. The van der Waals surface area contributed by atoms with Gasteiger partial charge in [0.2, 0.25) is 0 Å². The minimum atomic E-state index is -0.510. The fraction of sp³-hybridized carbons (Fsp3) is 0.333. The Bertz CT molecular complexity index is 494. The van der Waals surface area contributed by atoms with Gasteiger partial charge in [0, 0.05) is 18.8 Å². The Morgan fingerprint density at radius 2 is 2.07 bits per heavy atom. The predicted molar refractivity (Wildman–Crippen MR) is 56.0 cm³/mol. The van der Waals surface area contributed by atoms with E-state index >= 15 is 0 Å². The highest BCUT2D eigenvalue weighted by atomic mass is 16.3. The van der Waals surface area contributed by atoms with Gasteiger partial charge in [-0.15, -0.1) is 0 Å². The third-order valence-corrected chi connectivity index (χ3v) is 3.15. The average Bonchev–Trinajstić information content (AvgIpc) is 2.84. The van der Waals surface area contributed by atoms with Gasteiger partial charge in [0.15, 0.2) is 0 Å². The number of nitrogens with zero attached hydrogens (tertiary/aromatic N) is 1. The maximum Gasteiger partial charge on any atom is 0.0899 e. The van der Waals surface area contributed by atoms with E-state index in [9.17, 15) is 5.11 Å². The van der Waals surface area contributed by atoms with Crippen LogP contribution < -0.4 is 0 Å². The van der Waals surface area contributed by atoms with Crippen LogP contribution in [0.5, 0.6) is 0 Å². The van der Waals surface area contributed by atoms with E-state index in [1.165, 1.54) is 10.9 Å². The van der Waals surface area contributed by atoms with Crippen molar-refractivity contribution in [3.05, 3.63) is 36.0 Å². The van der Waals surface area contributed by atoms with E-state index in [1.54, 1.807) is 0 Å². The second kappa shape index (κ2) is 2.39. The van der Waals surface area contributed by atoms with E-state index in [4.69, 9.17) is 0 Å². The molecule has 1 aromatic carbocycles. The Labute approximate surface area is 82.8 Å². The summed E-state index contributed by atoms with van der Waals surface area (Å²) in [5.74, 6) is 0. The van der Waals surface area contributed by atoms with Gasteiger partial charge >= 0.3 is 0 Å². The molecule has 14 heavy (non-hydrogen) atoms. The van der Waals surface area contributed by atoms with Gasteiger partial charge in [-0.3, -0.25) is 0 Å². The largest absolute Gasteiger partial charge is 0.385 e. The summed E-state index contributed by atoms with van der Waals surface area (Å²) in [5.41, 5.74) is 1.78. The zero-order valence-corrected chi connectivity index (χ0v) is 8.20.